The van der Waals surface area contributed by atoms with Gasteiger partial charge in [0.05, 0.1) is 18.7 Å². The first-order chi connectivity index (χ1) is 8.42. The maximum Gasteiger partial charge on any atom is 0.308 e. The van der Waals surface area contributed by atoms with Crippen LogP contribution >= 0.6 is 0 Å². The third-order valence-electron chi connectivity index (χ3n) is 3.60. The number of ether oxygens (including phenoxy) is 1. The highest BCUT2D eigenvalue weighted by Gasteiger charge is 2.20. The molecule has 0 spiro atoms. The van der Waals surface area contributed by atoms with Crippen LogP contribution in [0.1, 0.15) is 50.2 Å². The van der Waals surface area contributed by atoms with Crippen LogP contribution in [0.4, 0.5) is 0 Å². The zero-order valence-electron chi connectivity index (χ0n) is 12.3. The summed E-state index contributed by atoms with van der Waals surface area (Å²) in [5.41, 5.74) is 3.36. The lowest BCUT2D eigenvalue weighted by Gasteiger charge is -2.13. The number of hydrogen-bond donors (Lipinski definition) is 0. The molecule has 4 nitrogen and oxygen atoms in total. The van der Waals surface area contributed by atoms with E-state index < -0.39 is 0 Å². The smallest absolute Gasteiger partial charge is 0.308 e. The number of aryl methyl sites for hydroxylation is 1. The van der Waals surface area contributed by atoms with Crippen LogP contribution in [0.3, 0.4) is 0 Å². The van der Waals surface area contributed by atoms with E-state index in [1.54, 1.807) is 0 Å². The van der Waals surface area contributed by atoms with Crippen LogP contribution in [-0.2, 0) is 16.0 Å². The second kappa shape index (κ2) is 6.03. The number of carbonyl (C=O) groups excluding carboxylic acids is 1. The standard InChI is InChI=1S/C14H24N2O2/c1-7-10(3)16-12(5)13(11(4)15-16)8-9(2)14(17)18-6/h9-10H,7-8H2,1-6H3. The largest absolute Gasteiger partial charge is 0.469 e. The quantitative estimate of drug-likeness (QED) is 0.757. The van der Waals surface area contributed by atoms with Crippen molar-refractivity contribution < 1.29 is 9.53 Å². The minimum atomic E-state index is -0.162. The summed E-state index contributed by atoms with van der Waals surface area (Å²) in [7, 11) is 1.43. The molecule has 0 amide bonds. The van der Waals surface area contributed by atoms with E-state index in [2.05, 4.69) is 30.6 Å². The van der Waals surface area contributed by atoms with E-state index in [1.165, 1.54) is 12.7 Å². The van der Waals surface area contributed by atoms with Crippen molar-refractivity contribution in [3.05, 3.63) is 17.0 Å². The highest BCUT2D eigenvalue weighted by atomic mass is 16.5. The van der Waals surface area contributed by atoms with Crippen molar-refractivity contribution in [2.45, 2.75) is 53.5 Å². The molecule has 2 unspecified atom stereocenters. The monoisotopic (exact) mass is 252 g/mol. The van der Waals surface area contributed by atoms with Gasteiger partial charge in [-0.1, -0.05) is 13.8 Å². The second-order valence-corrected chi connectivity index (χ2v) is 4.98. The van der Waals surface area contributed by atoms with Gasteiger partial charge in [-0.3, -0.25) is 9.48 Å². The van der Waals surface area contributed by atoms with Gasteiger partial charge in [-0.15, -0.1) is 0 Å². The fourth-order valence-corrected chi connectivity index (χ4v) is 2.19. The second-order valence-electron chi connectivity index (χ2n) is 4.98. The van der Waals surface area contributed by atoms with Crippen molar-refractivity contribution >= 4 is 5.97 Å². The molecule has 0 aliphatic carbocycles. The van der Waals surface area contributed by atoms with E-state index in [0.717, 1.165) is 17.8 Å². The lowest BCUT2D eigenvalue weighted by atomic mass is 10.00. The molecule has 0 fully saturated rings. The number of aromatic nitrogens is 2. The fraction of sp³-hybridized carbons (Fsp3) is 0.714. The SMILES string of the molecule is CCC(C)n1nc(C)c(CC(C)C(=O)OC)c1C. The summed E-state index contributed by atoms with van der Waals surface area (Å²) in [5.74, 6) is -0.285. The molecular weight excluding hydrogens is 228 g/mol. The predicted molar refractivity (Wildman–Crippen MR) is 71.6 cm³/mol. The Morgan fingerprint density at radius 3 is 2.50 bits per heavy atom. The Balaban J connectivity index is 2.97. The Morgan fingerprint density at radius 1 is 1.39 bits per heavy atom. The highest BCUT2D eigenvalue weighted by Crippen LogP contribution is 2.22. The van der Waals surface area contributed by atoms with Gasteiger partial charge >= 0.3 is 5.97 Å². The molecule has 4 heteroatoms. The lowest BCUT2D eigenvalue weighted by molar-refractivity contribution is -0.144. The zero-order valence-corrected chi connectivity index (χ0v) is 12.3. The van der Waals surface area contributed by atoms with Crippen molar-refractivity contribution in [1.82, 2.24) is 9.78 Å². The maximum atomic E-state index is 11.5. The van der Waals surface area contributed by atoms with Gasteiger partial charge in [-0.2, -0.15) is 5.10 Å². The van der Waals surface area contributed by atoms with Gasteiger partial charge in [0, 0.05) is 11.7 Å². The van der Waals surface area contributed by atoms with E-state index in [9.17, 15) is 4.79 Å². The molecule has 1 aromatic heterocycles. The minimum absolute atomic E-state index is 0.123. The number of carbonyl (C=O) groups is 1. The Morgan fingerprint density at radius 2 is 2.00 bits per heavy atom. The number of esters is 1. The third-order valence-corrected chi connectivity index (χ3v) is 3.60. The van der Waals surface area contributed by atoms with Crippen LogP contribution in [0.15, 0.2) is 0 Å². The summed E-state index contributed by atoms with van der Waals surface area (Å²) in [6.07, 6.45) is 1.74. The van der Waals surface area contributed by atoms with Crippen molar-refractivity contribution in [2.75, 3.05) is 7.11 Å². The number of nitrogens with zero attached hydrogens (tertiary/aromatic N) is 2. The summed E-state index contributed by atoms with van der Waals surface area (Å²) < 4.78 is 6.84. The average molecular weight is 252 g/mol. The van der Waals surface area contributed by atoms with Gasteiger partial charge in [0.15, 0.2) is 0 Å². The molecule has 0 radical (unpaired) electrons. The van der Waals surface area contributed by atoms with E-state index in [1.807, 2.05) is 13.8 Å². The van der Waals surface area contributed by atoms with Crippen molar-refractivity contribution in [3.8, 4) is 0 Å². The number of methoxy groups -OCH3 is 1. The van der Waals surface area contributed by atoms with E-state index in [-0.39, 0.29) is 11.9 Å². The molecule has 0 saturated heterocycles. The first-order valence-corrected chi connectivity index (χ1v) is 6.54. The van der Waals surface area contributed by atoms with Crippen molar-refractivity contribution in [2.24, 2.45) is 5.92 Å². The van der Waals surface area contributed by atoms with Gasteiger partial charge in [0.2, 0.25) is 0 Å². The first kappa shape index (κ1) is 14.7. The first-order valence-electron chi connectivity index (χ1n) is 6.54. The normalized spacial score (nSPS) is 14.3. The molecule has 0 saturated carbocycles. The Bertz CT molecular complexity index is 424. The van der Waals surface area contributed by atoms with E-state index in [0.29, 0.717) is 12.5 Å². The van der Waals surface area contributed by atoms with Crippen LogP contribution < -0.4 is 0 Å². The van der Waals surface area contributed by atoms with E-state index >= 15 is 0 Å². The topological polar surface area (TPSA) is 44.1 Å². The molecule has 0 aliphatic heterocycles. The predicted octanol–water partition coefficient (Wildman–Crippen LogP) is 2.82. The van der Waals surface area contributed by atoms with Crippen LogP contribution in [0.5, 0.6) is 0 Å². The molecule has 18 heavy (non-hydrogen) atoms. The maximum absolute atomic E-state index is 11.5. The van der Waals surface area contributed by atoms with Gasteiger partial charge in [-0.05, 0) is 39.2 Å². The van der Waals surface area contributed by atoms with Gasteiger partial charge in [-0.25, -0.2) is 0 Å². The van der Waals surface area contributed by atoms with Crippen molar-refractivity contribution in [3.63, 3.8) is 0 Å². The van der Waals surface area contributed by atoms with Crippen LogP contribution in [0.2, 0.25) is 0 Å². The van der Waals surface area contributed by atoms with Gasteiger partial charge < -0.3 is 4.74 Å². The summed E-state index contributed by atoms with van der Waals surface area (Å²) in [6, 6.07) is 0.394. The Kier molecular flexibility index (Phi) is 4.93. The highest BCUT2D eigenvalue weighted by molar-refractivity contribution is 5.72. The number of rotatable bonds is 5. The zero-order chi connectivity index (χ0) is 13.9. The Labute approximate surface area is 109 Å². The molecule has 102 valence electrons. The van der Waals surface area contributed by atoms with Gasteiger partial charge in [0.1, 0.15) is 0 Å². The van der Waals surface area contributed by atoms with Crippen LogP contribution in [0, 0.1) is 19.8 Å². The van der Waals surface area contributed by atoms with Crippen LogP contribution in [-0.4, -0.2) is 22.9 Å². The average Bonchev–Trinajstić information content (AvgIpc) is 2.64. The molecule has 0 aromatic carbocycles. The van der Waals surface area contributed by atoms with Crippen LogP contribution in [0.25, 0.3) is 0 Å². The third kappa shape index (κ3) is 2.92. The molecule has 2 atom stereocenters. The van der Waals surface area contributed by atoms with Crippen molar-refractivity contribution in [1.29, 1.82) is 0 Å². The molecule has 1 rings (SSSR count). The van der Waals surface area contributed by atoms with E-state index in [4.69, 9.17) is 4.74 Å². The van der Waals surface area contributed by atoms with Gasteiger partial charge in [0.25, 0.3) is 0 Å². The summed E-state index contributed by atoms with van der Waals surface area (Å²) >= 11 is 0. The molecule has 1 aromatic rings. The summed E-state index contributed by atoms with van der Waals surface area (Å²) in [6.45, 7) is 10.3. The number of hydrogen-bond acceptors (Lipinski definition) is 3. The molecular formula is C14H24N2O2. The summed E-state index contributed by atoms with van der Waals surface area (Å²) in [4.78, 5) is 11.5. The lowest BCUT2D eigenvalue weighted by Crippen LogP contribution is -2.16. The minimum Gasteiger partial charge on any atom is -0.469 e. The molecule has 0 aliphatic rings. The molecule has 0 N–H and O–H groups in total. The molecule has 1 heterocycles. The molecule has 0 bridgehead atoms. The fourth-order valence-electron chi connectivity index (χ4n) is 2.19. The Hall–Kier alpha value is -1.32. The summed E-state index contributed by atoms with van der Waals surface area (Å²) in [5, 5.41) is 4.58.